The van der Waals surface area contributed by atoms with Crippen LogP contribution in [0.3, 0.4) is 0 Å². The number of hydrogen-bond donors (Lipinski definition) is 1. The van der Waals surface area contributed by atoms with Crippen LogP contribution in [0.25, 0.3) is 0 Å². The first-order valence-electron chi connectivity index (χ1n) is 13.7. The van der Waals surface area contributed by atoms with Crippen LogP contribution in [0.4, 0.5) is 5.69 Å². The highest BCUT2D eigenvalue weighted by molar-refractivity contribution is 9.09. The number of hydrogen-bond acceptors (Lipinski definition) is 10. The molecule has 5 rings (SSSR count). The number of benzene rings is 3. The lowest BCUT2D eigenvalue weighted by molar-refractivity contribution is -0.384. The molecule has 3 atom stereocenters. The van der Waals surface area contributed by atoms with Crippen LogP contribution in [0.5, 0.6) is 5.75 Å². The molecular formula is C31H25BrN4O9S. The Morgan fingerprint density at radius 2 is 1.59 bits per heavy atom. The maximum Gasteiger partial charge on any atom is 0.333 e. The van der Waals surface area contributed by atoms with Crippen molar-refractivity contribution >= 4 is 63.2 Å². The number of alkyl halides is 1. The van der Waals surface area contributed by atoms with Crippen LogP contribution in [-0.4, -0.2) is 73.1 Å². The average molecular weight is 710 g/mol. The van der Waals surface area contributed by atoms with Crippen molar-refractivity contribution in [2.45, 2.75) is 24.1 Å². The van der Waals surface area contributed by atoms with E-state index in [0.29, 0.717) is 23.3 Å². The second kappa shape index (κ2) is 14.0. The summed E-state index contributed by atoms with van der Waals surface area (Å²) in [6, 6.07) is 17.6. The molecule has 0 radical (unpaired) electrons. The molecule has 13 nitrogen and oxygen atoms in total. The number of esters is 1. The number of carbonyl (C=O) groups is 5. The third-order valence-corrected chi connectivity index (χ3v) is 9.05. The molecule has 2 aliphatic rings. The minimum absolute atomic E-state index is 0.0838. The monoisotopic (exact) mass is 708 g/mol. The lowest BCUT2D eigenvalue weighted by Crippen LogP contribution is -2.74. The number of para-hydroxylation sites is 1. The third-order valence-electron chi connectivity index (χ3n) is 7.07. The maximum absolute atomic E-state index is 13.6. The number of ether oxygens (including phenoxy) is 2. The number of β-lactam (4-membered cyclic amide) rings is 1. The lowest BCUT2D eigenvalue weighted by Gasteiger charge is -2.50. The van der Waals surface area contributed by atoms with Crippen LogP contribution < -0.4 is 10.1 Å². The molecule has 15 heteroatoms. The fourth-order valence-electron chi connectivity index (χ4n) is 4.75. The second-order valence-corrected chi connectivity index (χ2v) is 11.7. The zero-order valence-corrected chi connectivity index (χ0v) is 26.3. The number of imide groups is 1. The predicted octanol–water partition coefficient (Wildman–Crippen LogP) is 3.63. The Morgan fingerprint density at radius 3 is 2.17 bits per heavy atom. The molecule has 0 saturated carbocycles. The Morgan fingerprint density at radius 1 is 0.978 bits per heavy atom. The Hall–Kier alpha value is -5.02. The number of nitro benzene ring substituents is 1. The van der Waals surface area contributed by atoms with Gasteiger partial charge in [0.15, 0.2) is 12.6 Å². The molecule has 4 amide bonds. The number of non-ortho nitro benzene ring substituents is 1. The van der Waals surface area contributed by atoms with Gasteiger partial charge in [-0.1, -0.05) is 52.8 Å². The number of nitrogens with one attached hydrogen (secondary N) is 1. The van der Waals surface area contributed by atoms with Crippen molar-refractivity contribution in [2.75, 3.05) is 11.9 Å². The van der Waals surface area contributed by atoms with Gasteiger partial charge >= 0.3 is 5.97 Å². The second-order valence-electron chi connectivity index (χ2n) is 10.1. The molecule has 236 valence electrons. The molecule has 3 aromatic carbocycles. The number of nitro groups is 1. The molecule has 0 aromatic heterocycles. The minimum atomic E-state index is -1.37. The van der Waals surface area contributed by atoms with Gasteiger partial charge in [0, 0.05) is 17.5 Å². The van der Waals surface area contributed by atoms with Gasteiger partial charge < -0.3 is 19.7 Å². The van der Waals surface area contributed by atoms with E-state index in [4.69, 9.17) is 9.47 Å². The van der Waals surface area contributed by atoms with Crippen molar-refractivity contribution in [3.05, 3.63) is 118 Å². The topological polar surface area (TPSA) is 165 Å². The Kier molecular flexibility index (Phi) is 9.82. The molecule has 1 saturated heterocycles. The minimum Gasteiger partial charge on any atom is -0.484 e. The summed E-state index contributed by atoms with van der Waals surface area (Å²) >= 11 is 3.96. The van der Waals surface area contributed by atoms with Gasteiger partial charge in [0.25, 0.3) is 23.4 Å². The van der Waals surface area contributed by atoms with Crippen molar-refractivity contribution < 1.29 is 38.4 Å². The molecule has 3 unspecified atom stereocenters. The first-order valence-corrected chi connectivity index (χ1v) is 15.6. The first kappa shape index (κ1) is 32.4. The van der Waals surface area contributed by atoms with E-state index in [1.807, 2.05) is 0 Å². The van der Waals surface area contributed by atoms with E-state index < -0.39 is 58.6 Å². The number of carbonyl (C=O) groups excluding carboxylic acids is 5. The highest BCUT2D eigenvalue weighted by atomic mass is 79.9. The number of nitrogens with zero attached hydrogens (tertiary/aromatic N) is 3. The summed E-state index contributed by atoms with van der Waals surface area (Å²) in [5, 5.41) is 12.5. The third kappa shape index (κ3) is 6.65. The zero-order valence-electron chi connectivity index (χ0n) is 23.9. The molecule has 0 bridgehead atoms. The highest BCUT2D eigenvalue weighted by Crippen LogP contribution is 2.40. The van der Waals surface area contributed by atoms with E-state index in [-0.39, 0.29) is 34.3 Å². The van der Waals surface area contributed by atoms with Gasteiger partial charge in [0.05, 0.1) is 16.1 Å². The van der Waals surface area contributed by atoms with Crippen molar-refractivity contribution in [2.24, 2.45) is 0 Å². The van der Waals surface area contributed by atoms with Crippen LogP contribution in [0.2, 0.25) is 0 Å². The molecule has 46 heavy (non-hydrogen) atoms. The summed E-state index contributed by atoms with van der Waals surface area (Å²) in [5.74, 6) is -2.99. The van der Waals surface area contributed by atoms with Crippen molar-refractivity contribution in [3.8, 4) is 5.75 Å². The van der Waals surface area contributed by atoms with Crippen LogP contribution in [0.1, 0.15) is 26.3 Å². The Bertz CT molecular complexity index is 1690. The van der Waals surface area contributed by atoms with E-state index in [2.05, 4.69) is 27.8 Å². The predicted molar refractivity (Wildman–Crippen MR) is 169 cm³/mol. The Balaban J connectivity index is 1.37. The largest absolute Gasteiger partial charge is 0.484 e. The Labute approximate surface area is 274 Å². The van der Waals surface area contributed by atoms with Crippen LogP contribution in [-0.2, 0) is 25.7 Å². The zero-order chi connectivity index (χ0) is 33.0. The number of amides is 4. The molecule has 0 aliphatic carbocycles. The fraction of sp³-hybridized carbons (Fsp3) is 0.194. The number of halogens is 1. The van der Waals surface area contributed by atoms with E-state index in [1.165, 1.54) is 36.4 Å². The molecular weight excluding hydrogens is 684 g/mol. The van der Waals surface area contributed by atoms with Gasteiger partial charge in [0.2, 0.25) is 5.91 Å². The van der Waals surface area contributed by atoms with Crippen LogP contribution in [0, 0.1) is 10.1 Å². The van der Waals surface area contributed by atoms with Gasteiger partial charge in [0.1, 0.15) is 23.8 Å². The highest BCUT2D eigenvalue weighted by Gasteiger charge is 2.56. The van der Waals surface area contributed by atoms with Crippen LogP contribution >= 0.6 is 27.9 Å². The van der Waals surface area contributed by atoms with E-state index in [9.17, 15) is 34.1 Å². The van der Waals surface area contributed by atoms with Gasteiger partial charge in [-0.05, 0) is 59.5 Å². The molecule has 2 aliphatic heterocycles. The quantitative estimate of drug-likeness (QED) is 0.0405. The van der Waals surface area contributed by atoms with Gasteiger partial charge in [-0.2, -0.15) is 0 Å². The van der Waals surface area contributed by atoms with Crippen LogP contribution in [0.15, 0.2) is 91.0 Å². The average Bonchev–Trinajstić information content (AvgIpc) is 3.31. The SMILES string of the molecule is C=C(CBr)C(C(=O)OCc1ccc([N+](=O)[O-])cc1)N1C(=O)C(NC(=O)COc2ccccc2)C1SN1C(=O)c2ccccc2C1=O. The molecule has 1 N–H and O–H groups in total. The molecule has 3 aromatic rings. The number of rotatable bonds is 13. The standard InChI is InChI=1S/C31H25BrN4O9S/c1-18(15-32)26(31(41)45-16-19-11-13-20(14-12-19)36(42)43)34-29(40)25(33-24(37)17-44-21-7-3-2-4-8-21)30(34)46-35-27(38)22-9-5-6-10-23(22)28(35)39/h2-14,25-26,30H,1,15-17H2,(H,33,37). The normalized spacial score (nSPS) is 17.5. The van der Waals surface area contributed by atoms with Crippen molar-refractivity contribution in [1.82, 2.24) is 14.5 Å². The van der Waals surface area contributed by atoms with Crippen molar-refractivity contribution in [1.29, 1.82) is 0 Å². The molecule has 1 fully saturated rings. The summed E-state index contributed by atoms with van der Waals surface area (Å²) < 4.78 is 11.9. The van der Waals surface area contributed by atoms with Gasteiger partial charge in [-0.15, -0.1) is 0 Å². The molecule has 2 heterocycles. The first-order chi connectivity index (χ1) is 22.1. The summed E-state index contributed by atoms with van der Waals surface area (Å²) in [5.41, 5.74) is 0.905. The van der Waals surface area contributed by atoms with Gasteiger partial charge in [-0.3, -0.25) is 29.3 Å². The summed E-state index contributed by atoms with van der Waals surface area (Å²) in [6.45, 7) is 3.23. The number of likely N-dealkylation sites (tertiary alicyclic amines) is 1. The summed E-state index contributed by atoms with van der Waals surface area (Å²) in [4.78, 5) is 77.9. The maximum atomic E-state index is 13.6. The van der Waals surface area contributed by atoms with E-state index in [0.717, 1.165) is 9.21 Å². The molecule has 0 spiro atoms. The van der Waals surface area contributed by atoms with E-state index in [1.54, 1.807) is 42.5 Å². The fourth-order valence-corrected chi connectivity index (χ4v) is 6.30. The number of fused-ring (bicyclic) bond motifs is 1. The summed E-state index contributed by atoms with van der Waals surface area (Å²) in [7, 11) is 0. The van der Waals surface area contributed by atoms with Crippen molar-refractivity contribution in [3.63, 3.8) is 0 Å². The van der Waals surface area contributed by atoms with Gasteiger partial charge in [-0.25, -0.2) is 9.10 Å². The smallest absolute Gasteiger partial charge is 0.333 e. The lowest BCUT2D eigenvalue weighted by atomic mass is 9.99. The van der Waals surface area contributed by atoms with E-state index >= 15 is 0 Å². The summed E-state index contributed by atoms with van der Waals surface area (Å²) in [6.07, 6.45) is 0.